The maximum Gasteiger partial charge on any atom is 0.119 e. The monoisotopic (exact) mass is 1750 g/mol. The van der Waals surface area contributed by atoms with Crippen LogP contribution < -0.4 is 56.0 Å². The van der Waals surface area contributed by atoms with E-state index in [1.54, 1.807) is 0 Å². The highest BCUT2D eigenvalue weighted by Gasteiger charge is 2.33. The molecule has 15 atom stereocenters. The standard InChI is InChI=1S/C24H33NO.C23H30ClNO.C23H32N2O.C23H31NO.C22H30N2O/c1-18-7-4-9-21(13-18)17-25-16-20(3)22-10-6-12-24(15-22)26-23-11-5-8-19(2)14-23;2*1-17-7-5-10-21(13-17)26-22-11-6-9-19(14-22)18(2)15-25-16-20-8-3-4-12-23(20)24;1-18-8-6-12-22(14-18)25-23-13-7-11-21(15-23)19(2)16-24-17-20-9-4-3-5-10-20;1-17-7-5-10-21(13-17)25-22-11-6-8-19(14-22)18(2)15-23-16-20-9-3-4-12-24-20/h4-5,7-9,11,13-14,20,22,24-25H,6,10,12,15-17H2,1-3H3;3-5,7-8,10,12-13,18-19,22,25H,6,9,11,14-16H2,1-2H3;3-5,7-8,10,12-13,18-19,22,25H,6,9,11,14-16,24H2,1-2H3;3-6,8-10,12,14,19,21,23-24H,7,11,13,15-17H2,1-2H3;3-5,7,9-10,12-13,18-19,22-23H,6,8,11,14-16H2,1-2H3/t20?,22?,24-;2*18?,19?,22-;19?,21?,23-;18?,19?,22-/m11111/s1. The van der Waals surface area contributed by atoms with E-state index < -0.39 is 0 Å². The SMILES string of the molecule is Cc1cccc(CNCC(C)C2CCC[C@@H](Oc3cccc(C)c3)C2)c1.Cc1cccc(O[C@@H]2CCCC(C(C)CNCc3ccccc3)C2)c1.Cc1cccc(O[C@@H]2CCCC(C(C)CNCc3ccccc3Cl)C2)c1.Cc1cccc(O[C@@H]2CCCC(C(C)CNCc3ccccc3N)C2)c1.Cc1cccc(O[C@@H]2CCCC(C(C)CNCc3ccccn3)C2)c1. The highest BCUT2D eigenvalue weighted by atomic mass is 35.5. The molecule has 7 N–H and O–H groups in total. The third-order valence-corrected chi connectivity index (χ3v) is 27.8. The van der Waals surface area contributed by atoms with E-state index in [0.29, 0.717) is 60.1 Å². The van der Waals surface area contributed by atoms with Crippen LogP contribution in [0, 0.1) is 101 Å². The number of nitrogens with zero attached hydrogens (tertiary/aromatic N) is 1. The van der Waals surface area contributed by atoms with E-state index in [1.807, 2.05) is 54.7 Å². The van der Waals surface area contributed by atoms with Crippen molar-refractivity contribution in [3.63, 3.8) is 0 Å². The highest BCUT2D eigenvalue weighted by molar-refractivity contribution is 6.31. The molecule has 5 saturated carbocycles. The molecule has 128 heavy (non-hydrogen) atoms. The van der Waals surface area contributed by atoms with Crippen molar-refractivity contribution in [2.45, 2.75) is 268 Å². The maximum atomic E-state index is 6.28. The number of hydrogen-bond acceptors (Lipinski definition) is 12. The van der Waals surface area contributed by atoms with Gasteiger partial charge in [0.25, 0.3) is 0 Å². The minimum atomic E-state index is 0.349. The van der Waals surface area contributed by atoms with E-state index in [1.165, 1.54) is 171 Å². The number of nitrogens with one attached hydrogen (secondary N) is 5. The Morgan fingerprint density at radius 2 is 0.586 bits per heavy atom. The molecule has 0 amide bonds. The third-order valence-electron chi connectivity index (χ3n) is 27.4. The van der Waals surface area contributed by atoms with Crippen molar-refractivity contribution in [2.24, 2.45) is 59.2 Å². The zero-order valence-electron chi connectivity index (χ0n) is 79.5. The second kappa shape index (κ2) is 54.6. The van der Waals surface area contributed by atoms with Crippen LogP contribution in [0.15, 0.2) is 249 Å². The van der Waals surface area contributed by atoms with Crippen LogP contribution in [0.4, 0.5) is 5.69 Å². The van der Waals surface area contributed by atoms with Crippen molar-refractivity contribution in [3.8, 4) is 28.7 Å². The number of nitrogens with two attached hydrogens (primary N) is 1. The number of benzene rings is 9. The van der Waals surface area contributed by atoms with E-state index in [9.17, 15) is 0 Å². The summed E-state index contributed by atoms with van der Waals surface area (Å²) in [5, 5.41) is 18.9. The first kappa shape index (κ1) is 99.6. The molecule has 0 aliphatic heterocycles. The summed E-state index contributed by atoms with van der Waals surface area (Å²) >= 11 is 6.24. The van der Waals surface area contributed by atoms with Crippen molar-refractivity contribution in [2.75, 3.05) is 38.5 Å². The Morgan fingerprint density at radius 3 is 0.922 bits per heavy atom. The molecule has 10 unspecified atom stereocenters. The largest absolute Gasteiger partial charge is 0.490 e. The maximum absolute atomic E-state index is 6.28. The lowest BCUT2D eigenvalue weighted by Gasteiger charge is -2.33. The highest BCUT2D eigenvalue weighted by Crippen LogP contribution is 2.39. The molecule has 10 aromatic rings. The van der Waals surface area contributed by atoms with E-state index >= 15 is 0 Å². The summed E-state index contributed by atoms with van der Waals surface area (Å²) in [4.78, 5) is 4.37. The van der Waals surface area contributed by atoms with Gasteiger partial charge in [0, 0.05) is 49.6 Å². The predicted molar refractivity (Wildman–Crippen MR) is 536 cm³/mol. The molecule has 5 aliphatic rings. The van der Waals surface area contributed by atoms with Gasteiger partial charge in [0.2, 0.25) is 0 Å². The Labute approximate surface area is 777 Å². The lowest BCUT2D eigenvalue weighted by molar-refractivity contribution is 0.102. The summed E-state index contributed by atoms with van der Waals surface area (Å²) in [6, 6.07) is 83.8. The first-order valence-electron chi connectivity index (χ1n) is 49.0. The smallest absolute Gasteiger partial charge is 0.119 e. The van der Waals surface area contributed by atoms with Gasteiger partial charge in [0.05, 0.1) is 36.2 Å². The van der Waals surface area contributed by atoms with Gasteiger partial charge in [0.15, 0.2) is 0 Å². The topological polar surface area (TPSA) is 145 Å². The minimum Gasteiger partial charge on any atom is -0.490 e. The normalized spacial score (nSPS) is 21.5. The number of hydrogen-bond donors (Lipinski definition) is 6. The van der Waals surface area contributed by atoms with Crippen LogP contribution in [-0.4, -0.2) is 68.2 Å². The Morgan fingerprint density at radius 1 is 0.297 bits per heavy atom. The number of halogens is 1. The first-order valence-corrected chi connectivity index (χ1v) is 49.4. The van der Waals surface area contributed by atoms with Crippen molar-refractivity contribution in [1.82, 2.24) is 31.6 Å². The van der Waals surface area contributed by atoms with E-state index in [2.05, 4.69) is 302 Å². The fraction of sp³-hybridized carbons (Fsp3) is 0.487. The molecule has 5 aliphatic carbocycles. The summed E-state index contributed by atoms with van der Waals surface area (Å²) in [5.74, 6) is 12.1. The second-order valence-corrected chi connectivity index (χ2v) is 38.9. The average Bonchev–Trinajstić information content (AvgIpc) is 0.871. The van der Waals surface area contributed by atoms with Crippen LogP contribution in [0.25, 0.3) is 0 Å². The van der Waals surface area contributed by atoms with Gasteiger partial charge in [-0.25, -0.2) is 0 Å². The van der Waals surface area contributed by atoms with Gasteiger partial charge < -0.3 is 56.0 Å². The predicted octanol–water partition coefficient (Wildman–Crippen LogP) is 26.7. The molecule has 1 aromatic heterocycles. The minimum absolute atomic E-state index is 0.349. The molecule has 15 rings (SSSR count). The fourth-order valence-corrected chi connectivity index (χ4v) is 19.9. The van der Waals surface area contributed by atoms with E-state index in [4.69, 9.17) is 41.0 Å². The zero-order chi connectivity index (χ0) is 90.0. The summed E-state index contributed by atoms with van der Waals surface area (Å²) in [6.07, 6.45) is 28.4. The first-order chi connectivity index (χ1) is 62.2. The number of pyridine rings is 1. The average molecular weight is 1750 g/mol. The number of aryl methyl sites for hydroxylation is 6. The molecule has 0 radical (unpaired) electrons. The molecular weight excluding hydrogens is 1590 g/mol. The number of ether oxygens (including phenoxy) is 5. The Balaban J connectivity index is 0.000000155. The van der Waals surface area contributed by atoms with Crippen LogP contribution in [0.3, 0.4) is 0 Å². The quantitative estimate of drug-likeness (QED) is 0.0210. The van der Waals surface area contributed by atoms with Gasteiger partial charge in [-0.1, -0.05) is 210 Å². The molecule has 688 valence electrons. The summed E-state index contributed by atoms with van der Waals surface area (Å²) in [7, 11) is 0. The number of aromatic nitrogens is 1. The second-order valence-electron chi connectivity index (χ2n) is 38.5. The third kappa shape index (κ3) is 36.1. The van der Waals surface area contributed by atoms with Crippen molar-refractivity contribution in [1.29, 1.82) is 0 Å². The van der Waals surface area contributed by atoms with Gasteiger partial charge in [0.1, 0.15) is 28.7 Å². The summed E-state index contributed by atoms with van der Waals surface area (Å²) < 4.78 is 31.4. The molecule has 12 nitrogen and oxygen atoms in total. The van der Waals surface area contributed by atoms with Crippen LogP contribution in [0.1, 0.15) is 224 Å². The molecule has 9 aromatic carbocycles. The zero-order valence-corrected chi connectivity index (χ0v) is 80.2. The molecule has 13 heteroatoms. The van der Waals surface area contributed by atoms with Gasteiger partial charge >= 0.3 is 0 Å². The molecule has 0 spiro atoms. The van der Waals surface area contributed by atoms with Crippen molar-refractivity contribution < 1.29 is 23.7 Å². The lowest BCUT2D eigenvalue weighted by atomic mass is 9.79. The van der Waals surface area contributed by atoms with Crippen LogP contribution >= 0.6 is 11.6 Å². The van der Waals surface area contributed by atoms with Crippen LogP contribution in [0.2, 0.25) is 5.02 Å². The van der Waals surface area contributed by atoms with Gasteiger partial charge in [-0.15, -0.1) is 0 Å². The van der Waals surface area contributed by atoms with Crippen LogP contribution in [0.5, 0.6) is 28.7 Å². The van der Waals surface area contributed by atoms with Crippen LogP contribution in [-0.2, 0) is 32.7 Å². The molecule has 0 bridgehead atoms. The molecule has 0 saturated heterocycles. The number of rotatable bonds is 35. The number of anilines is 1. The van der Waals surface area contributed by atoms with E-state index in [0.717, 1.165) is 153 Å². The lowest BCUT2D eigenvalue weighted by Crippen LogP contribution is -2.33. The Kier molecular flexibility index (Phi) is 42.5. The number of nitrogen functional groups attached to an aromatic ring is 1. The molecule has 1 heterocycles. The fourth-order valence-electron chi connectivity index (χ4n) is 19.7. The van der Waals surface area contributed by atoms with Gasteiger partial charge in [-0.3, -0.25) is 4.98 Å². The molecular formula is C115H156ClN7O5. The molecule has 5 fully saturated rings. The van der Waals surface area contributed by atoms with Crippen molar-refractivity contribution >= 4 is 17.3 Å². The number of para-hydroxylation sites is 1. The Bertz CT molecular complexity index is 4520. The summed E-state index contributed by atoms with van der Waals surface area (Å²) in [5.41, 5.74) is 20.7. The Hall–Kier alpha value is -8.98. The van der Waals surface area contributed by atoms with Crippen molar-refractivity contribution in [3.05, 3.63) is 315 Å². The van der Waals surface area contributed by atoms with E-state index in [-0.39, 0.29) is 0 Å². The summed E-state index contributed by atoms with van der Waals surface area (Å²) in [6.45, 7) is 34.3. The van der Waals surface area contributed by atoms with Gasteiger partial charge in [-0.2, -0.15) is 0 Å². The van der Waals surface area contributed by atoms with Gasteiger partial charge in [-0.05, 0) is 397 Å².